The molecule has 0 aromatic rings. The quantitative estimate of drug-likeness (QED) is 0.271. The van der Waals surface area contributed by atoms with Crippen molar-refractivity contribution in [3.05, 3.63) is 25.3 Å². The number of aliphatic hydroxyl groups excluding tert-OH is 1. The van der Waals surface area contributed by atoms with E-state index in [2.05, 4.69) is 20.1 Å². The van der Waals surface area contributed by atoms with Gasteiger partial charge in [0.2, 0.25) is 11.8 Å². The molecule has 6 atom stereocenters. The van der Waals surface area contributed by atoms with Crippen LogP contribution in [0.1, 0.15) is 52.9 Å². The lowest BCUT2D eigenvalue weighted by atomic mass is 9.66. The number of carbonyl (C=O) groups excluding carboxylic acids is 3. The second-order valence-electron chi connectivity index (χ2n) is 9.64. The van der Waals surface area contributed by atoms with Crippen LogP contribution in [0.3, 0.4) is 0 Å². The minimum absolute atomic E-state index is 0.00981. The van der Waals surface area contributed by atoms with E-state index in [9.17, 15) is 19.5 Å². The van der Waals surface area contributed by atoms with Gasteiger partial charge in [0.1, 0.15) is 17.6 Å². The van der Waals surface area contributed by atoms with Gasteiger partial charge < -0.3 is 24.4 Å². The Morgan fingerprint density at radius 1 is 1.36 bits per heavy atom. The van der Waals surface area contributed by atoms with Crippen molar-refractivity contribution in [2.75, 3.05) is 26.3 Å². The number of carbonyl (C=O) groups is 3. The molecular weight excluding hydrogens is 424 g/mol. The molecule has 3 fully saturated rings. The zero-order valence-corrected chi connectivity index (χ0v) is 20.1. The average Bonchev–Trinajstić information content (AvgIpc) is 3.33. The van der Waals surface area contributed by atoms with E-state index >= 15 is 0 Å². The van der Waals surface area contributed by atoms with Gasteiger partial charge in [-0.25, -0.2) is 0 Å². The number of esters is 1. The van der Waals surface area contributed by atoms with Crippen molar-refractivity contribution in [2.45, 2.75) is 76.2 Å². The van der Waals surface area contributed by atoms with Gasteiger partial charge in [0, 0.05) is 19.1 Å². The number of amides is 2. The van der Waals surface area contributed by atoms with Gasteiger partial charge in [-0.3, -0.25) is 14.4 Å². The fourth-order valence-corrected chi connectivity index (χ4v) is 6.10. The van der Waals surface area contributed by atoms with Crippen molar-refractivity contribution in [2.24, 2.45) is 11.8 Å². The van der Waals surface area contributed by atoms with Crippen molar-refractivity contribution in [3.8, 4) is 0 Å². The lowest BCUT2D eigenvalue weighted by molar-refractivity contribution is -0.160. The molecule has 0 saturated carbocycles. The highest BCUT2D eigenvalue weighted by atomic mass is 16.6. The van der Waals surface area contributed by atoms with Crippen molar-refractivity contribution >= 4 is 17.8 Å². The SMILES string of the molecule is C=CCCOC(=O)[C@H]1[C@H]2C(=O)N(CCO)C(C(=O)N(CC=C)C(C)CCC)C23CC[C@]1(C)O3. The molecule has 33 heavy (non-hydrogen) atoms. The van der Waals surface area contributed by atoms with E-state index in [0.29, 0.717) is 25.8 Å². The molecule has 184 valence electrons. The van der Waals surface area contributed by atoms with Gasteiger partial charge in [0.15, 0.2) is 0 Å². The predicted molar refractivity (Wildman–Crippen MR) is 123 cm³/mol. The topological polar surface area (TPSA) is 96.4 Å². The van der Waals surface area contributed by atoms with Crippen LogP contribution in [-0.4, -0.2) is 82.3 Å². The molecule has 0 aromatic heterocycles. The maximum absolute atomic E-state index is 14.0. The third-order valence-electron chi connectivity index (χ3n) is 7.52. The van der Waals surface area contributed by atoms with E-state index in [0.717, 1.165) is 12.8 Å². The summed E-state index contributed by atoms with van der Waals surface area (Å²) in [6.45, 7) is 13.6. The second-order valence-corrected chi connectivity index (χ2v) is 9.64. The summed E-state index contributed by atoms with van der Waals surface area (Å²) in [5.41, 5.74) is -1.97. The molecule has 3 saturated heterocycles. The molecule has 3 rings (SSSR count). The minimum Gasteiger partial charge on any atom is -0.465 e. The number of aliphatic hydroxyl groups is 1. The summed E-state index contributed by atoms with van der Waals surface area (Å²) in [7, 11) is 0. The van der Waals surface area contributed by atoms with Crippen LogP contribution in [0.4, 0.5) is 0 Å². The lowest BCUT2D eigenvalue weighted by Gasteiger charge is -2.38. The van der Waals surface area contributed by atoms with Gasteiger partial charge >= 0.3 is 5.97 Å². The molecule has 3 heterocycles. The van der Waals surface area contributed by atoms with Gasteiger partial charge in [0.05, 0.1) is 24.7 Å². The van der Waals surface area contributed by atoms with Crippen molar-refractivity contribution in [1.29, 1.82) is 0 Å². The fourth-order valence-electron chi connectivity index (χ4n) is 6.10. The van der Waals surface area contributed by atoms with Crippen molar-refractivity contribution < 1.29 is 29.0 Å². The molecule has 2 bridgehead atoms. The molecule has 1 spiro atoms. The molecular formula is C25H38N2O6. The molecule has 8 heteroatoms. The normalized spacial score (nSPS) is 33.0. The first-order chi connectivity index (χ1) is 15.7. The fraction of sp³-hybridized carbons (Fsp3) is 0.720. The largest absolute Gasteiger partial charge is 0.465 e. The zero-order valence-electron chi connectivity index (χ0n) is 20.1. The number of hydrogen-bond donors (Lipinski definition) is 1. The highest BCUT2D eigenvalue weighted by Gasteiger charge is 2.78. The Labute approximate surface area is 196 Å². The van der Waals surface area contributed by atoms with Crippen LogP contribution < -0.4 is 0 Å². The third kappa shape index (κ3) is 4.12. The lowest BCUT2D eigenvalue weighted by Crippen LogP contribution is -2.58. The molecule has 0 aliphatic carbocycles. The third-order valence-corrected chi connectivity index (χ3v) is 7.52. The first-order valence-corrected chi connectivity index (χ1v) is 12.0. The second kappa shape index (κ2) is 9.97. The van der Waals surface area contributed by atoms with Crippen LogP contribution in [0.15, 0.2) is 25.3 Å². The number of ether oxygens (including phenoxy) is 2. The van der Waals surface area contributed by atoms with Gasteiger partial charge in [0.25, 0.3) is 0 Å². The Morgan fingerprint density at radius 3 is 2.70 bits per heavy atom. The van der Waals surface area contributed by atoms with Crippen LogP contribution in [-0.2, 0) is 23.9 Å². The Kier molecular flexibility index (Phi) is 7.69. The molecule has 1 N–H and O–H groups in total. The Morgan fingerprint density at radius 2 is 2.09 bits per heavy atom. The molecule has 0 aromatic carbocycles. The van der Waals surface area contributed by atoms with Crippen LogP contribution in [0.2, 0.25) is 0 Å². The van der Waals surface area contributed by atoms with Gasteiger partial charge in [-0.15, -0.1) is 13.2 Å². The van der Waals surface area contributed by atoms with E-state index < -0.39 is 35.0 Å². The zero-order chi connectivity index (χ0) is 24.4. The summed E-state index contributed by atoms with van der Waals surface area (Å²) in [5.74, 6) is -2.61. The maximum Gasteiger partial charge on any atom is 0.312 e. The molecule has 3 unspecified atom stereocenters. The number of β-amino-alcohol motifs (C(OH)–C–C–N with tert-alkyl or cyclic N) is 1. The molecule has 8 nitrogen and oxygen atoms in total. The number of fused-ring (bicyclic) bond motifs is 1. The summed E-state index contributed by atoms with van der Waals surface area (Å²) in [5, 5.41) is 9.70. The summed E-state index contributed by atoms with van der Waals surface area (Å²) in [6, 6.07) is -0.940. The summed E-state index contributed by atoms with van der Waals surface area (Å²) in [6.07, 6.45) is 6.64. The van der Waals surface area contributed by atoms with E-state index in [1.54, 1.807) is 17.1 Å². The smallest absolute Gasteiger partial charge is 0.312 e. The van der Waals surface area contributed by atoms with E-state index in [1.165, 1.54) is 4.90 Å². The highest BCUT2D eigenvalue weighted by Crippen LogP contribution is 2.63. The Hall–Kier alpha value is -2.19. The van der Waals surface area contributed by atoms with Crippen LogP contribution in [0.5, 0.6) is 0 Å². The number of nitrogens with zero attached hydrogens (tertiary/aromatic N) is 2. The van der Waals surface area contributed by atoms with Gasteiger partial charge in [-0.2, -0.15) is 0 Å². The standard InChI is InChI=1S/C25H38N2O6/c1-6-9-16-32-23(31)19-18-21(29)27(14-15-28)20(25(18)12-11-24(19,5)33-25)22(30)26(13-8-3)17(4)10-7-2/h6,8,17-20,28H,1,3,7,9-16H2,2,4-5H3/t17?,18-,19+,20?,24-,25?/m0/s1. The number of likely N-dealkylation sites (tertiary alicyclic amines) is 1. The molecule has 2 amide bonds. The maximum atomic E-state index is 14.0. The van der Waals surface area contributed by atoms with Crippen LogP contribution in [0, 0.1) is 11.8 Å². The van der Waals surface area contributed by atoms with Crippen molar-refractivity contribution in [3.63, 3.8) is 0 Å². The van der Waals surface area contributed by atoms with Crippen molar-refractivity contribution in [1.82, 2.24) is 9.80 Å². The minimum atomic E-state index is -1.11. The van der Waals surface area contributed by atoms with E-state index in [1.807, 2.05) is 13.8 Å². The van der Waals surface area contributed by atoms with Crippen LogP contribution in [0.25, 0.3) is 0 Å². The Bertz CT molecular complexity index is 800. The summed E-state index contributed by atoms with van der Waals surface area (Å²) < 4.78 is 12.0. The van der Waals surface area contributed by atoms with Gasteiger partial charge in [-0.05, 0) is 39.5 Å². The molecule has 3 aliphatic heterocycles. The average molecular weight is 463 g/mol. The monoisotopic (exact) mass is 462 g/mol. The summed E-state index contributed by atoms with van der Waals surface area (Å²) >= 11 is 0. The van der Waals surface area contributed by atoms with Crippen LogP contribution >= 0.6 is 0 Å². The summed E-state index contributed by atoms with van der Waals surface area (Å²) in [4.78, 5) is 43.9. The first-order valence-electron chi connectivity index (χ1n) is 12.0. The van der Waals surface area contributed by atoms with E-state index in [-0.39, 0.29) is 37.6 Å². The highest BCUT2D eigenvalue weighted by molar-refractivity contribution is 5.98. The predicted octanol–water partition coefficient (Wildman–Crippen LogP) is 2.07. The van der Waals surface area contributed by atoms with Gasteiger partial charge in [-0.1, -0.05) is 25.5 Å². The Balaban J connectivity index is 2.00. The molecule has 0 radical (unpaired) electrons. The van der Waals surface area contributed by atoms with E-state index in [4.69, 9.17) is 9.47 Å². The molecule has 3 aliphatic rings. The number of rotatable bonds is 12. The first kappa shape index (κ1) is 25.4. The number of hydrogen-bond acceptors (Lipinski definition) is 6.